The minimum atomic E-state index is -3.08. The van der Waals surface area contributed by atoms with Crippen molar-refractivity contribution in [3.8, 4) is 0 Å². The van der Waals surface area contributed by atoms with Gasteiger partial charge in [-0.05, 0) is 13.3 Å². The molecule has 1 aliphatic rings. The molecule has 2 N–H and O–H groups in total. The molecule has 1 heterocycles. The van der Waals surface area contributed by atoms with E-state index in [-0.39, 0.29) is 24.7 Å². The lowest BCUT2D eigenvalue weighted by molar-refractivity contribution is -0.146. The minimum Gasteiger partial charge on any atom is -0.395 e. The number of carbonyl (C=O) groups excluding carboxylic acids is 2. The average molecular weight is 278 g/mol. The molecule has 2 amide bonds. The molecule has 0 aromatic heterocycles. The van der Waals surface area contributed by atoms with Crippen LogP contribution >= 0.6 is 0 Å². The summed E-state index contributed by atoms with van der Waals surface area (Å²) in [5.41, 5.74) is 0. The van der Waals surface area contributed by atoms with Crippen LogP contribution in [0.25, 0.3) is 0 Å². The van der Waals surface area contributed by atoms with Crippen molar-refractivity contribution < 1.29 is 23.1 Å². The van der Waals surface area contributed by atoms with Gasteiger partial charge in [0.25, 0.3) is 0 Å². The number of likely N-dealkylation sites (N-methyl/N-ethyl adjacent to an activating group) is 1. The van der Waals surface area contributed by atoms with Crippen molar-refractivity contribution in [2.75, 3.05) is 31.2 Å². The molecule has 0 bridgehead atoms. The Morgan fingerprint density at radius 2 is 2.11 bits per heavy atom. The molecule has 0 saturated carbocycles. The number of aliphatic hydroxyl groups excluding tert-OH is 1. The fraction of sp³-hybridized carbons (Fsp3) is 0.800. The highest BCUT2D eigenvalue weighted by Crippen LogP contribution is 2.11. The third kappa shape index (κ3) is 3.95. The zero-order valence-electron chi connectivity index (χ0n) is 10.3. The summed E-state index contributed by atoms with van der Waals surface area (Å²) in [6.07, 6.45) is 0.341. The standard InChI is InChI=1S/C10H18N2O5S/c1-2-12(4-5-13)10(15)9(14)11-8-3-6-18(16,17)7-8/h8,13H,2-7H2,1H3,(H,11,14). The summed E-state index contributed by atoms with van der Waals surface area (Å²) in [6, 6.07) is -0.487. The van der Waals surface area contributed by atoms with Crippen LogP contribution < -0.4 is 5.32 Å². The summed E-state index contributed by atoms with van der Waals surface area (Å²) in [5.74, 6) is -1.62. The second-order valence-electron chi connectivity index (χ2n) is 4.18. The molecular weight excluding hydrogens is 260 g/mol. The molecule has 1 rings (SSSR count). The van der Waals surface area contributed by atoms with Crippen LogP contribution in [0.5, 0.6) is 0 Å². The first-order chi connectivity index (χ1) is 8.39. The fourth-order valence-corrected chi connectivity index (χ4v) is 3.50. The Hall–Kier alpha value is -1.15. The van der Waals surface area contributed by atoms with E-state index in [0.29, 0.717) is 13.0 Å². The van der Waals surface area contributed by atoms with Gasteiger partial charge in [-0.2, -0.15) is 0 Å². The predicted molar refractivity (Wildman–Crippen MR) is 64.5 cm³/mol. The molecule has 104 valence electrons. The second-order valence-corrected chi connectivity index (χ2v) is 6.41. The van der Waals surface area contributed by atoms with Gasteiger partial charge in [0.1, 0.15) is 0 Å². The lowest BCUT2D eigenvalue weighted by Crippen LogP contribution is -2.47. The van der Waals surface area contributed by atoms with Crippen LogP contribution in [0.2, 0.25) is 0 Å². The third-order valence-electron chi connectivity index (χ3n) is 2.80. The van der Waals surface area contributed by atoms with E-state index in [1.165, 1.54) is 4.90 Å². The Morgan fingerprint density at radius 3 is 2.56 bits per heavy atom. The third-order valence-corrected chi connectivity index (χ3v) is 4.57. The summed E-state index contributed by atoms with van der Waals surface area (Å²) >= 11 is 0. The summed E-state index contributed by atoms with van der Waals surface area (Å²) in [5, 5.41) is 11.2. The molecule has 0 aromatic carbocycles. The molecule has 1 aliphatic heterocycles. The van der Waals surface area contributed by atoms with Gasteiger partial charge in [0.15, 0.2) is 9.84 Å². The first kappa shape index (κ1) is 14.9. The van der Waals surface area contributed by atoms with Crippen LogP contribution in [-0.2, 0) is 19.4 Å². The zero-order valence-corrected chi connectivity index (χ0v) is 11.1. The lowest BCUT2D eigenvalue weighted by Gasteiger charge is -2.20. The molecule has 18 heavy (non-hydrogen) atoms. The Labute approximate surface area is 106 Å². The van der Waals surface area contributed by atoms with Gasteiger partial charge in [-0.3, -0.25) is 9.59 Å². The van der Waals surface area contributed by atoms with Crippen molar-refractivity contribution in [1.29, 1.82) is 0 Å². The quantitative estimate of drug-likeness (QED) is 0.586. The van der Waals surface area contributed by atoms with Crippen LogP contribution in [0, 0.1) is 0 Å². The average Bonchev–Trinajstić information content (AvgIpc) is 2.64. The number of rotatable bonds is 4. The summed E-state index contributed by atoms with van der Waals surface area (Å²) in [7, 11) is -3.08. The molecule has 1 atom stereocenters. The maximum absolute atomic E-state index is 11.7. The fourth-order valence-electron chi connectivity index (χ4n) is 1.82. The van der Waals surface area contributed by atoms with Gasteiger partial charge in [-0.1, -0.05) is 0 Å². The van der Waals surface area contributed by atoms with Crippen molar-refractivity contribution in [3.05, 3.63) is 0 Å². The van der Waals surface area contributed by atoms with E-state index in [9.17, 15) is 18.0 Å². The summed E-state index contributed by atoms with van der Waals surface area (Å²) < 4.78 is 22.4. The lowest BCUT2D eigenvalue weighted by atomic mass is 10.2. The Morgan fingerprint density at radius 1 is 1.44 bits per heavy atom. The molecule has 0 aliphatic carbocycles. The van der Waals surface area contributed by atoms with Crippen LogP contribution in [-0.4, -0.2) is 67.5 Å². The van der Waals surface area contributed by atoms with E-state index in [1.54, 1.807) is 6.92 Å². The monoisotopic (exact) mass is 278 g/mol. The van der Waals surface area contributed by atoms with Gasteiger partial charge in [-0.25, -0.2) is 8.42 Å². The van der Waals surface area contributed by atoms with Gasteiger partial charge in [0.2, 0.25) is 0 Å². The Kier molecular flexibility index (Phi) is 5.09. The smallest absolute Gasteiger partial charge is 0.311 e. The van der Waals surface area contributed by atoms with Gasteiger partial charge in [0.05, 0.1) is 18.1 Å². The predicted octanol–water partition coefficient (Wildman–Crippen LogP) is -1.87. The van der Waals surface area contributed by atoms with Gasteiger partial charge < -0.3 is 15.3 Å². The SMILES string of the molecule is CCN(CCO)C(=O)C(=O)NC1CCS(=O)(=O)C1. The normalized spacial score (nSPS) is 21.6. The number of hydrogen-bond acceptors (Lipinski definition) is 5. The summed E-state index contributed by atoms with van der Waals surface area (Å²) in [4.78, 5) is 24.5. The number of aliphatic hydroxyl groups is 1. The van der Waals surface area contributed by atoms with Crippen molar-refractivity contribution in [2.45, 2.75) is 19.4 Å². The highest BCUT2D eigenvalue weighted by molar-refractivity contribution is 7.91. The Bertz CT molecular complexity index is 420. The van der Waals surface area contributed by atoms with Crippen molar-refractivity contribution >= 4 is 21.7 Å². The maximum atomic E-state index is 11.7. The van der Waals surface area contributed by atoms with E-state index < -0.39 is 27.7 Å². The van der Waals surface area contributed by atoms with E-state index >= 15 is 0 Å². The molecular formula is C10H18N2O5S. The highest BCUT2D eigenvalue weighted by atomic mass is 32.2. The van der Waals surface area contributed by atoms with Crippen molar-refractivity contribution in [1.82, 2.24) is 10.2 Å². The first-order valence-electron chi connectivity index (χ1n) is 5.80. The highest BCUT2D eigenvalue weighted by Gasteiger charge is 2.31. The molecule has 0 aromatic rings. The van der Waals surface area contributed by atoms with Crippen LogP contribution in [0.15, 0.2) is 0 Å². The van der Waals surface area contributed by atoms with E-state index in [1.807, 2.05) is 0 Å². The topological polar surface area (TPSA) is 104 Å². The number of nitrogens with zero attached hydrogens (tertiary/aromatic N) is 1. The molecule has 7 nitrogen and oxygen atoms in total. The molecule has 8 heteroatoms. The largest absolute Gasteiger partial charge is 0.395 e. The van der Waals surface area contributed by atoms with Crippen LogP contribution in [0.3, 0.4) is 0 Å². The number of nitrogens with one attached hydrogen (secondary N) is 1. The van der Waals surface area contributed by atoms with Crippen molar-refractivity contribution in [2.24, 2.45) is 0 Å². The minimum absolute atomic E-state index is 0.0419. The maximum Gasteiger partial charge on any atom is 0.311 e. The van der Waals surface area contributed by atoms with E-state index in [4.69, 9.17) is 5.11 Å². The number of sulfone groups is 1. The second kappa shape index (κ2) is 6.14. The van der Waals surface area contributed by atoms with Crippen molar-refractivity contribution in [3.63, 3.8) is 0 Å². The molecule has 1 fully saturated rings. The molecule has 1 unspecified atom stereocenters. The Balaban J connectivity index is 2.52. The van der Waals surface area contributed by atoms with Gasteiger partial charge >= 0.3 is 11.8 Å². The number of carbonyl (C=O) groups is 2. The summed E-state index contributed by atoms with van der Waals surface area (Å²) in [6.45, 7) is 1.88. The molecule has 0 radical (unpaired) electrons. The zero-order chi connectivity index (χ0) is 13.8. The number of amides is 2. The molecule has 0 spiro atoms. The van der Waals surface area contributed by atoms with E-state index in [0.717, 1.165) is 0 Å². The van der Waals surface area contributed by atoms with Gasteiger partial charge in [-0.15, -0.1) is 0 Å². The molecule has 1 saturated heterocycles. The number of hydrogen-bond donors (Lipinski definition) is 2. The van der Waals surface area contributed by atoms with E-state index in [2.05, 4.69) is 5.32 Å². The van der Waals surface area contributed by atoms with Crippen LogP contribution in [0.1, 0.15) is 13.3 Å². The van der Waals surface area contributed by atoms with Crippen LogP contribution in [0.4, 0.5) is 0 Å². The first-order valence-corrected chi connectivity index (χ1v) is 7.62. The van der Waals surface area contributed by atoms with Gasteiger partial charge in [0, 0.05) is 19.1 Å².